The van der Waals surface area contributed by atoms with Crippen LogP contribution < -0.4 is 5.32 Å². The summed E-state index contributed by atoms with van der Waals surface area (Å²) in [7, 11) is 0. The maximum atomic E-state index is 13.7. The number of hydrogen-bond acceptors (Lipinski definition) is 2. The summed E-state index contributed by atoms with van der Waals surface area (Å²) in [6, 6.07) is 23.4. The molecule has 0 saturated heterocycles. The van der Waals surface area contributed by atoms with Gasteiger partial charge < -0.3 is 10.2 Å². The highest BCUT2D eigenvalue weighted by Gasteiger charge is 2.46. The van der Waals surface area contributed by atoms with Gasteiger partial charge in [-0.1, -0.05) is 67.6 Å². The second-order valence-electron chi connectivity index (χ2n) is 7.96. The lowest BCUT2D eigenvalue weighted by atomic mass is 9.76. The highest BCUT2D eigenvalue weighted by atomic mass is 16.2. The number of carbonyl (C=O) groups is 2. The van der Waals surface area contributed by atoms with E-state index in [-0.39, 0.29) is 17.9 Å². The number of fused-ring (bicyclic) bond motifs is 4. The van der Waals surface area contributed by atoms with E-state index in [9.17, 15) is 9.59 Å². The van der Waals surface area contributed by atoms with Gasteiger partial charge >= 0.3 is 0 Å². The molecule has 0 unspecified atom stereocenters. The van der Waals surface area contributed by atoms with Gasteiger partial charge in [-0.05, 0) is 47.2 Å². The third-order valence-electron chi connectivity index (χ3n) is 6.37. The molecular weight excluding hydrogens is 372 g/mol. The summed E-state index contributed by atoms with van der Waals surface area (Å²) in [5.41, 5.74) is 5.69. The molecule has 5 rings (SSSR count). The number of nitrogens with zero attached hydrogens (tertiary/aromatic N) is 1. The zero-order valence-electron chi connectivity index (χ0n) is 17.0. The van der Waals surface area contributed by atoms with Gasteiger partial charge in [0.2, 0.25) is 5.91 Å². The molecule has 2 heterocycles. The molecule has 0 bridgehead atoms. The first kappa shape index (κ1) is 18.6. The highest BCUT2D eigenvalue weighted by Crippen LogP contribution is 2.46. The average Bonchev–Trinajstić information content (AvgIpc) is 2.79. The lowest BCUT2D eigenvalue weighted by Crippen LogP contribution is -2.49. The molecule has 150 valence electrons. The Morgan fingerprint density at radius 3 is 2.50 bits per heavy atom. The lowest BCUT2D eigenvalue weighted by Gasteiger charge is -2.45. The molecule has 0 spiro atoms. The van der Waals surface area contributed by atoms with Crippen LogP contribution in [-0.2, 0) is 17.6 Å². The number of anilines is 1. The number of benzene rings is 3. The zero-order valence-corrected chi connectivity index (χ0v) is 17.0. The molecule has 2 atom stereocenters. The Kier molecular flexibility index (Phi) is 4.62. The van der Waals surface area contributed by atoms with Gasteiger partial charge in [-0.15, -0.1) is 0 Å². The third-order valence-corrected chi connectivity index (χ3v) is 6.37. The Bertz CT molecular complexity index is 1140. The van der Waals surface area contributed by atoms with Crippen LogP contribution in [-0.4, -0.2) is 23.3 Å². The monoisotopic (exact) mass is 396 g/mol. The molecule has 4 heteroatoms. The van der Waals surface area contributed by atoms with Gasteiger partial charge in [0, 0.05) is 17.8 Å². The van der Waals surface area contributed by atoms with Crippen molar-refractivity contribution < 1.29 is 9.59 Å². The van der Waals surface area contributed by atoms with E-state index in [1.807, 2.05) is 65.6 Å². The first-order valence-corrected chi connectivity index (χ1v) is 10.6. The van der Waals surface area contributed by atoms with Crippen LogP contribution in [0.1, 0.15) is 51.5 Å². The minimum Gasteiger partial charge on any atom is -0.330 e. The number of hydrogen-bond donors (Lipinski definition) is 1. The molecule has 0 fully saturated rings. The van der Waals surface area contributed by atoms with Crippen LogP contribution in [0.4, 0.5) is 5.69 Å². The summed E-state index contributed by atoms with van der Waals surface area (Å²) in [4.78, 5) is 28.9. The first-order valence-electron chi connectivity index (χ1n) is 10.6. The minimum absolute atomic E-state index is 0.0168. The predicted molar refractivity (Wildman–Crippen MR) is 118 cm³/mol. The third kappa shape index (κ3) is 2.91. The summed E-state index contributed by atoms with van der Waals surface area (Å²) in [6.45, 7) is 2.71. The fourth-order valence-corrected chi connectivity index (χ4v) is 4.92. The van der Waals surface area contributed by atoms with Gasteiger partial charge in [-0.3, -0.25) is 9.59 Å². The molecule has 2 amide bonds. The summed E-state index contributed by atoms with van der Waals surface area (Å²) in [5.74, 6) is -0.504. The van der Waals surface area contributed by atoms with Gasteiger partial charge in [-0.25, -0.2) is 0 Å². The van der Waals surface area contributed by atoms with Crippen LogP contribution >= 0.6 is 0 Å². The van der Waals surface area contributed by atoms with Crippen LogP contribution in [0.25, 0.3) is 0 Å². The summed E-state index contributed by atoms with van der Waals surface area (Å²) in [5, 5.41) is 3.17. The van der Waals surface area contributed by atoms with E-state index < -0.39 is 5.92 Å². The van der Waals surface area contributed by atoms with Crippen LogP contribution in [0.15, 0.2) is 72.8 Å². The van der Waals surface area contributed by atoms with Crippen LogP contribution in [0.2, 0.25) is 0 Å². The van der Waals surface area contributed by atoms with Crippen molar-refractivity contribution in [1.29, 1.82) is 0 Å². The van der Waals surface area contributed by atoms with Gasteiger partial charge in [-0.2, -0.15) is 0 Å². The van der Waals surface area contributed by atoms with E-state index in [2.05, 4.69) is 24.4 Å². The van der Waals surface area contributed by atoms with Crippen molar-refractivity contribution in [3.05, 3.63) is 101 Å². The molecule has 4 nitrogen and oxygen atoms in total. The molecular formula is C26H24N2O2. The highest BCUT2D eigenvalue weighted by molar-refractivity contribution is 6.04. The largest absolute Gasteiger partial charge is 0.330 e. The number of aryl methyl sites for hydroxylation is 1. The van der Waals surface area contributed by atoms with E-state index in [1.165, 1.54) is 5.56 Å². The second kappa shape index (κ2) is 7.45. The Balaban J connectivity index is 1.63. The van der Waals surface area contributed by atoms with Crippen molar-refractivity contribution in [2.24, 2.45) is 0 Å². The van der Waals surface area contributed by atoms with Gasteiger partial charge in [0.1, 0.15) is 0 Å². The normalized spacial score (nSPS) is 19.5. The molecule has 0 aromatic heterocycles. The van der Waals surface area contributed by atoms with E-state index in [0.29, 0.717) is 12.1 Å². The number of amides is 2. The van der Waals surface area contributed by atoms with Crippen LogP contribution in [0.5, 0.6) is 0 Å². The standard InChI is InChI=1S/C26H24N2O2/c1-2-17-9-4-8-14-22(17)27-25(29)23-20-12-6-7-13-21(20)26(30)28-16-15-18-10-3-5-11-19(18)24(23)28/h3-14,23-24H,2,15-16H2,1H3,(H,27,29)/t23-,24+/m0/s1. The Morgan fingerprint density at radius 2 is 1.67 bits per heavy atom. The van der Waals surface area contributed by atoms with Crippen LogP contribution in [0, 0.1) is 0 Å². The Labute approximate surface area is 176 Å². The predicted octanol–water partition coefficient (Wildman–Crippen LogP) is 4.72. The Hall–Kier alpha value is -3.40. The van der Waals surface area contributed by atoms with Crippen molar-refractivity contribution in [2.45, 2.75) is 31.7 Å². The molecule has 0 saturated carbocycles. The van der Waals surface area contributed by atoms with E-state index in [0.717, 1.165) is 35.2 Å². The molecule has 30 heavy (non-hydrogen) atoms. The first-order chi connectivity index (χ1) is 14.7. The van der Waals surface area contributed by atoms with E-state index in [1.54, 1.807) is 0 Å². The van der Waals surface area contributed by atoms with E-state index >= 15 is 0 Å². The van der Waals surface area contributed by atoms with Crippen molar-refractivity contribution in [2.75, 3.05) is 11.9 Å². The SMILES string of the molecule is CCc1ccccc1NC(=O)[C@H]1c2ccccc2C(=O)N2CCc3ccccc3[C@H]12. The zero-order chi connectivity index (χ0) is 20.7. The topological polar surface area (TPSA) is 49.4 Å². The second-order valence-corrected chi connectivity index (χ2v) is 7.96. The van der Waals surface area contributed by atoms with Crippen molar-refractivity contribution in [3.63, 3.8) is 0 Å². The number of rotatable bonds is 3. The van der Waals surface area contributed by atoms with E-state index in [4.69, 9.17) is 0 Å². The molecule has 1 N–H and O–H groups in total. The molecule has 2 aliphatic rings. The summed E-state index contributed by atoms with van der Waals surface area (Å²) >= 11 is 0. The number of carbonyl (C=O) groups excluding carboxylic acids is 2. The average molecular weight is 396 g/mol. The molecule has 3 aromatic rings. The summed E-state index contributed by atoms with van der Waals surface area (Å²) < 4.78 is 0. The van der Waals surface area contributed by atoms with Crippen molar-refractivity contribution in [1.82, 2.24) is 4.90 Å². The van der Waals surface area contributed by atoms with Gasteiger partial charge in [0.15, 0.2) is 0 Å². The minimum atomic E-state index is -0.453. The Morgan fingerprint density at radius 1 is 0.967 bits per heavy atom. The number of para-hydroxylation sites is 1. The van der Waals surface area contributed by atoms with Crippen molar-refractivity contribution in [3.8, 4) is 0 Å². The van der Waals surface area contributed by atoms with Crippen molar-refractivity contribution >= 4 is 17.5 Å². The van der Waals surface area contributed by atoms with Gasteiger partial charge in [0.05, 0.1) is 12.0 Å². The quantitative estimate of drug-likeness (QED) is 0.696. The molecule has 2 aliphatic heterocycles. The fourth-order valence-electron chi connectivity index (χ4n) is 4.92. The maximum absolute atomic E-state index is 13.7. The number of nitrogens with one attached hydrogen (secondary N) is 1. The molecule has 0 aliphatic carbocycles. The smallest absolute Gasteiger partial charge is 0.254 e. The lowest BCUT2D eigenvalue weighted by molar-refractivity contribution is -0.119. The van der Waals surface area contributed by atoms with Gasteiger partial charge in [0.25, 0.3) is 5.91 Å². The summed E-state index contributed by atoms with van der Waals surface area (Å²) in [6.07, 6.45) is 1.65. The molecule has 3 aromatic carbocycles. The molecule has 0 radical (unpaired) electrons. The van der Waals surface area contributed by atoms with Crippen LogP contribution in [0.3, 0.4) is 0 Å². The fraction of sp³-hybridized carbons (Fsp3) is 0.231. The maximum Gasteiger partial charge on any atom is 0.254 e.